The number of carbonyl (C=O) groups is 2. The van der Waals surface area contributed by atoms with Crippen molar-refractivity contribution >= 4 is 17.4 Å². The van der Waals surface area contributed by atoms with E-state index in [1.807, 2.05) is 19.1 Å². The van der Waals surface area contributed by atoms with Gasteiger partial charge in [-0.3, -0.25) is 9.59 Å². The molecule has 0 aliphatic carbocycles. The van der Waals surface area contributed by atoms with Crippen molar-refractivity contribution in [3.8, 4) is 11.5 Å². The molecule has 4 rings (SSSR count). The Morgan fingerprint density at radius 2 is 1.81 bits per heavy atom. The van der Waals surface area contributed by atoms with Crippen LogP contribution in [0.2, 0.25) is 0 Å². The van der Waals surface area contributed by atoms with Crippen molar-refractivity contribution < 1.29 is 28.9 Å². The molecule has 0 bridgehead atoms. The molecule has 1 amide bonds. The topological polar surface area (TPSA) is 85.3 Å². The first-order chi connectivity index (χ1) is 15.4. The number of ether oxygens (including phenoxy) is 3. The Morgan fingerprint density at radius 3 is 2.44 bits per heavy atom. The lowest BCUT2D eigenvalue weighted by Crippen LogP contribution is -2.36. The molecule has 0 spiro atoms. The number of likely N-dealkylation sites (tertiary alicyclic amines) is 1. The molecule has 2 unspecified atom stereocenters. The van der Waals surface area contributed by atoms with Gasteiger partial charge in [0.2, 0.25) is 0 Å². The molecule has 2 fully saturated rings. The fourth-order valence-corrected chi connectivity index (χ4v) is 4.31. The number of amides is 1. The van der Waals surface area contributed by atoms with Gasteiger partial charge in [-0.15, -0.1) is 0 Å². The number of aliphatic hydroxyl groups excluding tert-OH is 1. The van der Waals surface area contributed by atoms with Crippen molar-refractivity contribution in [3.05, 3.63) is 64.7 Å². The summed E-state index contributed by atoms with van der Waals surface area (Å²) in [4.78, 5) is 27.7. The lowest BCUT2D eigenvalue weighted by Gasteiger charge is -2.28. The molecule has 2 aromatic carbocycles. The van der Waals surface area contributed by atoms with E-state index in [2.05, 4.69) is 0 Å². The van der Waals surface area contributed by atoms with Crippen LogP contribution in [0.3, 0.4) is 0 Å². The van der Waals surface area contributed by atoms with Gasteiger partial charge in [-0.1, -0.05) is 35.9 Å². The standard InChI is InChI=1S/C25H27NO6/c1-15-6-8-16(9-7-15)23(27)21-22(17-10-11-19(30-2)20(13-17)31-3)26(25(29)24(21)28)14-18-5-4-12-32-18/h6-11,13,18,22,27H,4-5,12,14H2,1-3H3/b23-21+. The molecule has 0 saturated carbocycles. The van der Waals surface area contributed by atoms with Gasteiger partial charge in [-0.2, -0.15) is 0 Å². The average Bonchev–Trinajstić information content (AvgIpc) is 3.41. The number of methoxy groups -OCH3 is 2. The second-order valence-electron chi connectivity index (χ2n) is 8.07. The van der Waals surface area contributed by atoms with Gasteiger partial charge in [-0.05, 0) is 37.5 Å². The van der Waals surface area contributed by atoms with Crippen LogP contribution < -0.4 is 9.47 Å². The highest BCUT2D eigenvalue weighted by Crippen LogP contribution is 2.42. The van der Waals surface area contributed by atoms with Crippen LogP contribution in [0.25, 0.3) is 5.76 Å². The van der Waals surface area contributed by atoms with Crippen LogP contribution in [0.1, 0.15) is 35.6 Å². The number of benzene rings is 2. The Balaban J connectivity index is 1.85. The van der Waals surface area contributed by atoms with Gasteiger partial charge in [0, 0.05) is 18.7 Å². The van der Waals surface area contributed by atoms with Crippen LogP contribution in [0.5, 0.6) is 11.5 Å². The summed E-state index contributed by atoms with van der Waals surface area (Å²) in [6.07, 6.45) is 1.59. The van der Waals surface area contributed by atoms with Gasteiger partial charge in [0.15, 0.2) is 11.5 Å². The summed E-state index contributed by atoms with van der Waals surface area (Å²) >= 11 is 0. The summed E-state index contributed by atoms with van der Waals surface area (Å²) in [5, 5.41) is 11.1. The Hall–Kier alpha value is -3.32. The minimum absolute atomic E-state index is 0.0593. The molecule has 2 heterocycles. The fourth-order valence-electron chi connectivity index (χ4n) is 4.31. The molecule has 2 aliphatic heterocycles. The van der Waals surface area contributed by atoms with E-state index in [1.54, 1.807) is 37.4 Å². The summed E-state index contributed by atoms with van der Waals surface area (Å²) in [6, 6.07) is 11.7. The van der Waals surface area contributed by atoms with Gasteiger partial charge < -0.3 is 24.2 Å². The maximum absolute atomic E-state index is 13.1. The zero-order valence-electron chi connectivity index (χ0n) is 18.5. The molecule has 2 atom stereocenters. The quantitative estimate of drug-likeness (QED) is 0.422. The number of aliphatic hydroxyl groups is 1. The third kappa shape index (κ3) is 3.96. The van der Waals surface area contributed by atoms with Gasteiger partial charge in [0.1, 0.15) is 5.76 Å². The van der Waals surface area contributed by atoms with Crippen LogP contribution >= 0.6 is 0 Å². The van der Waals surface area contributed by atoms with Crippen LogP contribution in [-0.2, 0) is 14.3 Å². The molecular formula is C25H27NO6. The van der Waals surface area contributed by atoms with E-state index < -0.39 is 17.7 Å². The molecule has 2 aliphatic rings. The Bertz CT molecular complexity index is 1050. The van der Waals surface area contributed by atoms with Crippen molar-refractivity contribution in [1.82, 2.24) is 4.90 Å². The number of Topliss-reactive ketones (excluding diaryl/α,β-unsaturated/α-hetero) is 1. The molecule has 2 saturated heterocycles. The van der Waals surface area contributed by atoms with Crippen molar-refractivity contribution in [1.29, 1.82) is 0 Å². The van der Waals surface area contributed by atoms with E-state index in [1.165, 1.54) is 12.0 Å². The number of carbonyl (C=O) groups excluding carboxylic acids is 2. The molecule has 2 aromatic rings. The van der Waals surface area contributed by atoms with Gasteiger partial charge in [0.05, 0.1) is 31.9 Å². The molecule has 1 N–H and O–H groups in total. The smallest absolute Gasteiger partial charge is 0.295 e. The lowest BCUT2D eigenvalue weighted by molar-refractivity contribution is -0.140. The third-order valence-corrected chi connectivity index (χ3v) is 6.01. The Kier molecular flexibility index (Phi) is 6.19. The van der Waals surface area contributed by atoms with Crippen molar-refractivity contribution in [2.45, 2.75) is 31.9 Å². The van der Waals surface area contributed by atoms with E-state index in [0.29, 0.717) is 29.2 Å². The van der Waals surface area contributed by atoms with Crippen LogP contribution in [0.4, 0.5) is 0 Å². The summed E-state index contributed by atoms with van der Waals surface area (Å²) in [5.74, 6) is -0.540. The zero-order valence-corrected chi connectivity index (χ0v) is 18.5. The predicted octanol–water partition coefficient (Wildman–Crippen LogP) is 3.61. The maximum atomic E-state index is 13.1. The normalized spacial score (nSPS) is 22.4. The molecule has 7 nitrogen and oxygen atoms in total. The Labute approximate surface area is 187 Å². The highest BCUT2D eigenvalue weighted by molar-refractivity contribution is 6.46. The first-order valence-corrected chi connectivity index (χ1v) is 10.6. The van der Waals surface area contributed by atoms with Crippen molar-refractivity contribution in [2.24, 2.45) is 0 Å². The largest absolute Gasteiger partial charge is 0.507 e. The second kappa shape index (κ2) is 9.04. The maximum Gasteiger partial charge on any atom is 0.295 e. The third-order valence-electron chi connectivity index (χ3n) is 6.01. The minimum Gasteiger partial charge on any atom is -0.507 e. The van der Waals surface area contributed by atoms with Crippen LogP contribution in [0.15, 0.2) is 48.0 Å². The average molecular weight is 437 g/mol. The number of hydrogen-bond donors (Lipinski definition) is 1. The number of nitrogens with zero attached hydrogens (tertiary/aromatic N) is 1. The van der Waals surface area contributed by atoms with Crippen molar-refractivity contribution in [3.63, 3.8) is 0 Å². The van der Waals surface area contributed by atoms with E-state index in [0.717, 1.165) is 18.4 Å². The van der Waals surface area contributed by atoms with E-state index in [4.69, 9.17) is 14.2 Å². The summed E-state index contributed by atoms with van der Waals surface area (Å²) in [6.45, 7) is 2.85. The van der Waals surface area contributed by atoms with E-state index in [-0.39, 0.29) is 24.0 Å². The number of hydrogen-bond acceptors (Lipinski definition) is 6. The minimum atomic E-state index is -0.764. The Morgan fingerprint density at radius 1 is 1.09 bits per heavy atom. The predicted molar refractivity (Wildman–Crippen MR) is 119 cm³/mol. The van der Waals surface area contributed by atoms with E-state index >= 15 is 0 Å². The second-order valence-corrected chi connectivity index (χ2v) is 8.07. The lowest BCUT2D eigenvalue weighted by atomic mass is 9.94. The molecule has 168 valence electrons. The number of ketones is 1. The summed E-state index contributed by atoms with van der Waals surface area (Å²) in [5.41, 5.74) is 2.21. The molecule has 32 heavy (non-hydrogen) atoms. The first-order valence-electron chi connectivity index (χ1n) is 10.6. The monoisotopic (exact) mass is 437 g/mol. The zero-order chi connectivity index (χ0) is 22.8. The van der Waals surface area contributed by atoms with Gasteiger partial charge in [-0.25, -0.2) is 0 Å². The number of rotatable bonds is 6. The van der Waals surface area contributed by atoms with Crippen LogP contribution in [0, 0.1) is 6.92 Å². The molecule has 0 aromatic heterocycles. The highest BCUT2D eigenvalue weighted by Gasteiger charge is 2.47. The summed E-state index contributed by atoms with van der Waals surface area (Å²) in [7, 11) is 3.07. The van der Waals surface area contributed by atoms with Gasteiger partial charge >= 0.3 is 0 Å². The highest BCUT2D eigenvalue weighted by atomic mass is 16.5. The number of aryl methyl sites for hydroxylation is 1. The van der Waals surface area contributed by atoms with Crippen molar-refractivity contribution in [2.75, 3.05) is 27.4 Å². The fraction of sp³-hybridized carbons (Fsp3) is 0.360. The molecular weight excluding hydrogens is 410 g/mol. The molecule has 7 heteroatoms. The summed E-state index contributed by atoms with van der Waals surface area (Å²) < 4.78 is 16.5. The van der Waals surface area contributed by atoms with Gasteiger partial charge in [0.25, 0.3) is 11.7 Å². The van der Waals surface area contributed by atoms with E-state index in [9.17, 15) is 14.7 Å². The van der Waals surface area contributed by atoms with Crippen LogP contribution in [-0.4, -0.2) is 55.2 Å². The first kappa shape index (κ1) is 21.9. The molecule has 0 radical (unpaired) electrons. The SMILES string of the molecule is COc1ccc(C2/C(=C(\O)c3ccc(C)cc3)C(=O)C(=O)N2CC2CCCO2)cc1OC.